The van der Waals surface area contributed by atoms with E-state index in [1.165, 1.54) is 32.8 Å². The van der Waals surface area contributed by atoms with E-state index in [-0.39, 0.29) is 0 Å². The van der Waals surface area contributed by atoms with Crippen molar-refractivity contribution in [2.45, 2.75) is 0 Å². The van der Waals surface area contributed by atoms with E-state index in [1.807, 2.05) is 18.5 Å². The first-order valence-corrected chi connectivity index (χ1v) is 6.32. The van der Waals surface area contributed by atoms with Gasteiger partial charge in [-0.25, -0.2) is 0 Å². The Hall–Kier alpha value is -2.61. The molecule has 2 heteroatoms. The molecule has 0 fully saturated rings. The van der Waals surface area contributed by atoms with Gasteiger partial charge in [-0.1, -0.05) is 30.3 Å². The summed E-state index contributed by atoms with van der Waals surface area (Å²) in [7, 11) is 0. The van der Waals surface area contributed by atoms with Crippen LogP contribution in [0.15, 0.2) is 67.1 Å². The second-order valence-corrected chi connectivity index (χ2v) is 4.69. The molecular weight excluding hydrogens is 232 g/mol. The van der Waals surface area contributed by atoms with Gasteiger partial charge in [0.05, 0.1) is 0 Å². The SMILES string of the molecule is c1ccc2c(-c3ccc4cnccc4c3)c[nH]c2c1. The number of fused-ring (bicyclic) bond motifs is 2. The third kappa shape index (κ3) is 1.61. The fraction of sp³-hybridized carbons (Fsp3) is 0. The smallest absolute Gasteiger partial charge is 0.0460 e. The van der Waals surface area contributed by atoms with E-state index < -0.39 is 0 Å². The molecule has 90 valence electrons. The topological polar surface area (TPSA) is 28.7 Å². The normalized spacial score (nSPS) is 11.2. The number of benzene rings is 2. The predicted octanol–water partition coefficient (Wildman–Crippen LogP) is 4.38. The van der Waals surface area contributed by atoms with Crippen molar-refractivity contribution in [2.24, 2.45) is 0 Å². The fourth-order valence-corrected chi connectivity index (χ4v) is 2.56. The molecule has 0 aliphatic carbocycles. The Balaban J connectivity index is 1.99. The maximum absolute atomic E-state index is 4.15. The lowest BCUT2D eigenvalue weighted by Crippen LogP contribution is -1.78. The summed E-state index contributed by atoms with van der Waals surface area (Å²) in [5, 5.41) is 3.65. The quantitative estimate of drug-likeness (QED) is 0.528. The molecular formula is C17H12N2. The molecule has 0 aliphatic heterocycles. The fourth-order valence-electron chi connectivity index (χ4n) is 2.56. The molecule has 0 unspecified atom stereocenters. The minimum Gasteiger partial charge on any atom is -0.361 e. The lowest BCUT2D eigenvalue weighted by molar-refractivity contribution is 1.36. The van der Waals surface area contributed by atoms with E-state index in [0.29, 0.717) is 0 Å². The van der Waals surface area contributed by atoms with E-state index in [2.05, 4.69) is 58.6 Å². The van der Waals surface area contributed by atoms with Crippen LogP contribution in [-0.2, 0) is 0 Å². The molecule has 0 bridgehead atoms. The van der Waals surface area contributed by atoms with Crippen LogP contribution in [0, 0.1) is 0 Å². The standard InChI is InChI=1S/C17H12N2/c1-2-4-17-15(3-1)16(11-19-17)13-5-6-14-10-18-8-7-12(14)9-13/h1-11,19H. The van der Waals surface area contributed by atoms with Gasteiger partial charge in [-0.05, 0) is 29.1 Å². The molecule has 19 heavy (non-hydrogen) atoms. The van der Waals surface area contributed by atoms with Gasteiger partial charge in [0.15, 0.2) is 0 Å². The minimum absolute atomic E-state index is 1.17. The monoisotopic (exact) mass is 244 g/mol. The molecule has 2 aromatic heterocycles. The minimum atomic E-state index is 1.17. The average molecular weight is 244 g/mol. The van der Waals surface area contributed by atoms with E-state index in [1.54, 1.807) is 0 Å². The second kappa shape index (κ2) is 3.95. The zero-order chi connectivity index (χ0) is 12.7. The third-order valence-electron chi connectivity index (χ3n) is 3.54. The van der Waals surface area contributed by atoms with Gasteiger partial charge in [0.1, 0.15) is 0 Å². The van der Waals surface area contributed by atoms with Crippen molar-refractivity contribution in [1.82, 2.24) is 9.97 Å². The summed E-state index contributed by atoms with van der Waals surface area (Å²) < 4.78 is 0. The van der Waals surface area contributed by atoms with Gasteiger partial charge in [-0.3, -0.25) is 4.98 Å². The zero-order valence-corrected chi connectivity index (χ0v) is 10.3. The Bertz CT molecular complexity index is 874. The lowest BCUT2D eigenvalue weighted by Gasteiger charge is -2.02. The summed E-state index contributed by atoms with van der Waals surface area (Å²) in [6.45, 7) is 0. The van der Waals surface area contributed by atoms with E-state index >= 15 is 0 Å². The molecule has 0 atom stereocenters. The van der Waals surface area contributed by atoms with Crippen LogP contribution in [0.1, 0.15) is 0 Å². The molecule has 2 heterocycles. The van der Waals surface area contributed by atoms with Crippen LogP contribution in [0.2, 0.25) is 0 Å². The molecule has 0 radical (unpaired) electrons. The van der Waals surface area contributed by atoms with Crippen molar-refractivity contribution < 1.29 is 0 Å². The number of H-pyrrole nitrogens is 1. The summed E-state index contributed by atoms with van der Waals surface area (Å²) in [6, 6.07) is 16.9. The van der Waals surface area contributed by atoms with Crippen LogP contribution in [-0.4, -0.2) is 9.97 Å². The first-order chi connectivity index (χ1) is 9.42. The largest absolute Gasteiger partial charge is 0.361 e. The molecule has 0 aliphatic rings. The summed E-state index contributed by atoms with van der Waals surface area (Å²) >= 11 is 0. The van der Waals surface area contributed by atoms with Crippen LogP contribution in [0.4, 0.5) is 0 Å². The Morgan fingerprint density at radius 2 is 1.84 bits per heavy atom. The number of hydrogen-bond donors (Lipinski definition) is 1. The van der Waals surface area contributed by atoms with Crippen LogP contribution >= 0.6 is 0 Å². The summed E-state index contributed by atoms with van der Waals surface area (Å²) in [4.78, 5) is 7.47. The number of pyridine rings is 1. The van der Waals surface area contributed by atoms with Crippen molar-refractivity contribution in [3.05, 3.63) is 67.1 Å². The van der Waals surface area contributed by atoms with Crippen molar-refractivity contribution in [3.63, 3.8) is 0 Å². The highest BCUT2D eigenvalue weighted by molar-refractivity contribution is 5.98. The Kier molecular flexibility index (Phi) is 2.15. The van der Waals surface area contributed by atoms with Crippen LogP contribution in [0.3, 0.4) is 0 Å². The van der Waals surface area contributed by atoms with Crippen molar-refractivity contribution >= 4 is 21.7 Å². The first-order valence-electron chi connectivity index (χ1n) is 6.32. The van der Waals surface area contributed by atoms with Gasteiger partial charge in [-0.15, -0.1) is 0 Å². The molecule has 0 saturated heterocycles. The van der Waals surface area contributed by atoms with Crippen LogP contribution < -0.4 is 0 Å². The van der Waals surface area contributed by atoms with Gasteiger partial charge < -0.3 is 4.98 Å². The Morgan fingerprint density at radius 1 is 0.895 bits per heavy atom. The van der Waals surface area contributed by atoms with Gasteiger partial charge in [0, 0.05) is 40.4 Å². The third-order valence-corrected chi connectivity index (χ3v) is 3.54. The Morgan fingerprint density at radius 3 is 2.84 bits per heavy atom. The number of para-hydroxylation sites is 1. The molecule has 4 aromatic rings. The lowest BCUT2D eigenvalue weighted by atomic mass is 10.0. The number of hydrogen-bond acceptors (Lipinski definition) is 1. The van der Waals surface area contributed by atoms with Gasteiger partial charge in [0.2, 0.25) is 0 Å². The van der Waals surface area contributed by atoms with Gasteiger partial charge in [-0.2, -0.15) is 0 Å². The van der Waals surface area contributed by atoms with Gasteiger partial charge in [0.25, 0.3) is 0 Å². The summed E-state index contributed by atoms with van der Waals surface area (Å²) in [5.74, 6) is 0. The molecule has 2 nitrogen and oxygen atoms in total. The molecule has 0 amide bonds. The molecule has 0 spiro atoms. The number of rotatable bonds is 1. The molecule has 0 saturated carbocycles. The van der Waals surface area contributed by atoms with Crippen molar-refractivity contribution in [2.75, 3.05) is 0 Å². The van der Waals surface area contributed by atoms with Crippen LogP contribution in [0.5, 0.6) is 0 Å². The van der Waals surface area contributed by atoms with E-state index in [0.717, 1.165) is 0 Å². The van der Waals surface area contributed by atoms with E-state index in [9.17, 15) is 0 Å². The number of nitrogens with one attached hydrogen (secondary N) is 1. The predicted molar refractivity (Wildman–Crippen MR) is 79.0 cm³/mol. The maximum Gasteiger partial charge on any atom is 0.0460 e. The zero-order valence-electron chi connectivity index (χ0n) is 10.3. The highest BCUT2D eigenvalue weighted by Crippen LogP contribution is 2.30. The number of aromatic amines is 1. The second-order valence-electron chi connectivity index (χ2n) is 4.69. The van der Waals surface area contributed by atoms with E-state index in [4.69, 9.17) is 0 Å². The highest BCUT2D eigenvalue weighted by Gasteiger charge is 2.05. The maximum atomic E-state index is 4.15. The summed E-state index contributed by atoms with van der Waals surface area (Å²) in [5.41, 5.74) is 3.65. The van der Waals surface area contributed by atoms with Crippen LogP contribution in [0.25, 0.3) is 32.8 Å². The van der Waals surface area contributed by atoms with Gasteiger partial charge >= 0.3 is 0 Å². The molecule has 2 aromatic carbocycles. The van der Waals surface area contributed by atoms with Crippen molar-refractivity contribution in [1.29, 1.82) is 0 Å². The first kappa shape index (κ1) is 10.3. The highest BCUT2D eigenvalue weighted by atomic mass is 14.7. The molecule has 4 rings (SSSR count). The average Bonchev–Trinajstić information content (AvgIpc) is 2.91. The Labute approximate surface area is 110 Å². The summed E-state index contributed by atoms with van der Waals surface area (Å²) in [6.07, 6.45) is 5.81. The molecule has 1 N–H and O–H groups in total. The number of aromatic nitrogens is 2. The number of nitrogens with zero attached hydrogens (tertiary/aromatic N) is 1. The van der Waals surface area contributed by atoms with Crippen molar-refractivity contribution in [3.8, 4) is 11.1 Å².